The Morgan fingerprint density at radius 2 is 1.78 bits per heavy atom. The molecule has 0 bridgehead atoms. The Balaban J connectivity index is 1.33. The smallest absolute Gasteiger partial charge is 0.319 e. The Morgan fingerprint density at radius 1 is 1.00 bits per heavy atom. The Bertz CT molecular complexity index is 1360. The van der Waals surface area contributed by atoms with Crippen LogP contribution in [0.25, 0.3) is 21.3 Å². The summed E-state index contributed by atoms with van der Waals surface area (Å²) in [4.78, 5) is 39.5. The van der Waals surface area contributed by atoms with Gasteiger partial charge in [0.2, 0.25) is 0 Å². The van der Waals surface area contributed by atoms with E-state index in [0.717, 1.165) is 39.9 Å². The molecule has 2 aromatic heterocycles. The standard InChI is InChI=1S/C28H28N4O3S/c1-2-23-19-24-25(29-28(30-26(24)36-23)35-17-7-16-33)31-12-14-32(15-13-31)27(34)22-11-6-10-21(18-22)20-8-4-3-5-9-20/h3-6,8-11,16,18-19H,2,7,12-15,17H2,1H3. The molecule has 0 N–H and O–H groups in total. The molecule has 8 heteroatoms. The van der Waals surface area contributed by atoms with E-state index in [1.54, 1.807) is 11.3 Å². The third kappa shape index (κ3) is 5.09. The predicted molar refractivity (Wildman–Crippen MR) is 143 cm³/mol. The first-order valence-corrected chi connectivity index (χ1v) is 13.0. The number of fused-ring (bicyclic) bond motifs is 1. The average Bonchev–Trinajstić information content (AvgIpc) is 3.36. The van der Waals surface area contributed by atoms with E-state index in [-0.39, 0.29) is 12.5 Å². The molecule has 184 valence electrons. The molecular formula is C28H28N4O3S. The Morgan fingerprint density at radius 3 is 2.53 bits per heavy atom. The zero-order valence-electron chi connectivity index (χ0n) is 20.2. The number of anilines is 1. The van der Waals surface area contributed by atoms with Crippen LogP contribution in [-0.4, -0.2) is 59.8 Å². The van der Waals surface area contributed by atoms with E-state index >= 15 is 0 Å². The van der Waals surface area contributed by atoms with Gasteiger partial charge in [-0.2, -0.15) is 9.97 Å². The zero-order chi connectivity index (χ0) is 24.9. The molecule has 0 saturated carbocycles. The van der Waals surface area contributed by atoms with Crippen LogP contribution in [0.1, 0.15) is 28.6 Å². The summed E-state index contributed by atoms with van der Waals surface area (Å²) in [5, 5.41) is 1.01. The van der Waals surface area contributed by atoms with E-state index < -0.39 is 0 Å². The van der Waals surface area contributed by atoms with Crippen molar-refractivity contribution < 1.29 is 14.3 Å². The van der Waals surface area contributed by atoms with Crippen LogP contribution in [0, 0.1) is 0 Å². The Labute approximate surface area is 214 Å². The highest BCUT2D eigenvalue weighted by molar-refractivity contribution is 7.18. The summed E-state index contributed by atoms with van der Waals surface area (Å²) in [6.45, 7) is 4.92. The molecule has 0 spiro atoms. The number of benzene rings is 2. The minimum absolute atomic E-state index is 0.0435. The van der Waals surface area contributed by atoms with Crippen LogP contribution in [0.2, 0.25) is 0 Å². The number of carbonyl (C=O) groups excluding carboxylic acids is 2. The fraction of sp³-hybridized carbons (Fsp3) is 0.286. The third-order valence-corrected chi connectivity index (χ3v) is 7.47. The quantitative estimate of drug-likeness (QED) is 0.254. The molecule has 36 heavy (non-hydrogen) atoms. The lowest BCUT2D eigenvalue weighted by Crippen LogP contribution is -2.49. The van der Waals surface area contributed by atoms with Gasteiger partial charge in [-0.3, -0.25) is 4.79 Å². The maximum absolute atomic E-state index is 13.3. The molecule has 1 aliphatic heterocycles. The second kappa shape index (κ2) is 10.9. The third-order valence-electron chi connectivity index (χ3n) is 6.30. The lowest BCUT2D eigenvalue weighted by molar-refractivity contribution is -0.108. The van der Waals surface area contributed by atoms with Crippen LogP contribution in [0.15, 0.2) is 60.7 Å². The fourth-order valence-corrected chi connectivity index (χ4v) is 5.34. The molecule has 0 aliphatic carbocycles. The van der Waals surface area contributed by atoms with E-state index in [0.29, 0.717) is 44.2 Å². The molecule has 4 aromatic rings. The molecule has 7 nitrogen and oxygen atoms in total. The largest absolute Gasteiger partial charge is 0.463 e. The fourth-order valence-electron chi connectivity index (χ4n) is 4.38. The predicted octanol–water partition coefficient (Wildman–Crippen LogP) is 4.85. The maximum Gasteiger partial charge on any atom is 0.319 e. The SMILES string of the molecule is CCc1cc2c(N3CCN(C(=O)c4cccc(-c5ccccc5)c4)CC3)nc(OCCC=O)nc2s1. The molecule has 1 aliphatic rings. The molecule has 1 fully saturated rings. The zero-order valence-corrected chi connectivity index (χ0v) is 21.0. The van der Waals surface area contributed by atoms with Crippen LogP contribution in [-0.2, 0) is 11.2 Å². The van der Waals surface area contributed by atoms with Gasteiger partial charge in [0.05, 0.1) is 12.0 Å². The van der Waals surface area contributed by atoms with Gasteiger partial charge in [-0.05, 0) is 35.7 Å². The number of piperazine rings is 1. The minimum atomic E-state index is 0.0435. The molecule has 0 unspecified atom stereocenters. The number of hydrogen-bond donors (Lipinski definition) is 0. The van der Waals surface area contributed by atoms with Gasteiger partial charge >= 0.3 is 6.01 Å². The molecule has 0 atom stereocenters. The van der Waals surface area contributed by atoms with E-state index in [9.17, 15) is 9.59 Å². The van der Waals surface area contributed by atoms with Crippen molar-refractivity contribution >= 4 is 39.6 Å². The number of aryl methyl sites for hydroxylation is 1. The van der Waals surface area contributed by atoms with Crippen molar-refractivity contribution in [3.05, 3.63) is 71.1 Å². The second-order valence-corrected chi connectivity index (χ2v) is 9.76. The first-order chi connectivity index (χ1) is 17.7. The number of hydrogen-bond acceptors (Lipinski definition) is 7. The monoisotopic (exact) mass is 500 g/mol. The van der Waals surface area contributed by atoms with Gasteiger partial charge in [0.25, 0.3) is 5.91 Å². The minimum Gasteiger partial charge on any atom is -0.463 e. The number of ether oxygens (including phenoxy) is 1. The number of rotatable bonds is 8. The van der Waals surface area contributed by atoms with Gasteiger partial charge in [0.15, 0.2) is 0 Å². The Kier molecular flexibility index (Phi) is 7.23. The van der Waals surface area contributed by atoms with Crippen LogP contribution in [0.5, 0.6) is 6.01 Å². The van der Waals surface area contributed by atoms with Crippen LogP contribution >= 0.6 is 11.3 Å². The molecule has 2 aromatic carbocycles. The summed E-state index contributed by atoms with van der Waals surface area (Å²) in [5.74, 6) is 0.872. The van der Waals surface area contributed by atoms with Crippen molar-refractivity contribution in [2.75, 3.05) is 37.7 Å². The second-order valence-electron chi connectivity index (χ2n) is 8.64. The van der Waals surface area contributed by atoms with Gasteiger partial charge in [-0.15, -0.1) is 11.3 Å². The van der Waals surface area contributed by atoms with Gasteiger partial charge < -0.3 is 19.3 Å². The summed E-state index contributed by atoms with van der Waals surface area (Å²) in [5.41, 5.74) is 2.83. The van der Waals surface area contributed by atoms with Crippen molar-refractivity contribution in [2.45, 2.75) is 19.8 Å². The van der Waals surface area contributed by atoms with Gasteiger partial charge in [-0.1, -0.05) is 49.4 Å². The molecule has 3 heterocycles. The summed E-state index contributed by atoms with van der Waals surface area (Å²) < 4.78 is 5.66. The highest BCUT2D eigenvalue weighted by Gasteiger charge is 2.25. The number of carbonyl (C=O) groups is 2. The van der Waals surface area contributed by atoms with Crippen molar-refractivity contribution in [3.8, 4) is 17.1 Å². The topological polar surface area (TPSA) is 75.6 Å². The summed E-state index contributed by atoms with van der Waals surface area (Å²) >= 11 is 1.64. The summed E-state index contributed by atoms with van der Waals surface area (Å²) in [6, 6.07) is 20.4. The van der Waals surface area contributed by atoms with Gasteiger partial charge in [0.1, 0.15) is 16.9 Å². The number of thiophene rings is 1. The number of aldehydes is 1. The number of aromatic nitrogens is 2. The van der Waals surface area contributed by atoms with Crippen LogP contribution in [0.4, 0.5) is 5.82 Å². The molecule has 5 rings (SSSR count). The van der Waals surface area contributed by atoms with Gasteiger partial charge in [-0.25, -0.2) is 0 Å². The van der Waals surface area contributed by atoms with E-state index in [4.69, 9.17) is 9.72 Å². The van der Waals surface area contributed by atoms with Crippen molar-refractivity contribution in [2.24, 2.45) is 0 Å². The highest BCUT2D eigenvalue weighted by atomic mass is 32.1. The van der Waals surface area contributed by atoms with Crippen LogP contribution < -0.4 is 9.64 Å². The lowest BCUT2D eigenvalue weighted by Gasteiger charge is -2.35. The average molecular weight is 501 g/mol. The first-order valence-electron chi connectivity index (χ1n) is 12.2. The van der Waals surface area contributed by atoms with Crippen molar-refractivity contribution in [1.29, 1.82) is 0 Å². The first kappa shape index (κ1) is 23.9. The maximum atomic E-state index is 13.3. The van der Waals surface area contributed by atoms with Crippen molar-refractivity contribution in [1.82, 2.24) is 14.9 Å². The van der Waals surface area contributed by atoms with Gasteiger partial charge in [0, 0.05) is 43.0 Å². The van der Waals surface area contributed by atoms with E-state index in [2.05, 4.69) is 35.0 Å². The molecule has 0 radical (unpaired) electrons. The Hall–Kier alpha value is -3.78. The number of amides is 1. The van der Waals surface area contributed by atoms with E-state index in [1.807, 2.05) is 47.4 Å². The molecule has 1 amide bonds. The van der Waals surface area contributed by atoms with Crippen molar-refractivity contribution in [3.63, 3.8) is 0 Å². The normalized spacial score (nSPS) is 13.7. The molecular weight excluding hydrogens is 472 g/mol. The molecule has 1 saturated heterocycles. The van der Waals surface area contributed by atoms with E-state index in [1.165, 1.54) is 4.88 Å². The lowest BCUT2D eigenvalue weighted by atomic mass is 10.0. The highest BCUT2D eigenvalue weighted by Crippen LogP contribution is 2.33. The number of nitrogens with zero attached hydrogens (tertiary/aromatic N) is 4. The summed E-state index contributed by atoms with van der Waals surface area (Å²) in [6.07, 6.45) is 2.05. The summed E-state index contributed by atoms with van der Waals surface area (Å²) in [7, 11) is 0. The van der Waals surface area contributed by atoms with Crippen LogP contribution in [0.3, 0.4) is 0 Å².